The maximum Gasteiger partial charge on any atom is 0.365 e. The van der Waals surface area contributed by atoms with E-state index in [1.54, 1.807) is 26.8 Å². The summed E-state index contributed by atoms with van der Waals surface area (Å²) < 4.78 is 29.1. The molecule has 118 valence electrons. The Kier molecular flexibility index (Phi) is 6.88. The fourth-order valence-electron chi connectivity index (χ4n) is 1.77. The highest BCUT2D eigenvalue weighted by Crippen LogP contribution is 2.60. The Bertz CT molecular complexity index is 566. The maximum absolute atomic E-state index is 12.9. The molecule has 0 aliphatic rings. The van der Waals surface area contributed by atoms with E-state index in [-0.39, 0.29) is 36.0 Å². The molecular formula is C14H20ClO5P. The lowest BCUT2D eigenvalue weighted by atomic mass is 10.2. The molecule has 5 nitrogen and oxygen atoms in total. The third-order valence-corrected chi connectivity index (χ3v) is 5.07. The summed E-state index contributed by atoms with van der Waals surface area (Å²) in [6.07, 6.45) is 1.22. The third-order valence-electron chi connectivity index (χ3n) is 2.65. The molecule has 0 bridgehead atoms. The van der Waals surface area contributed by atoms with E-state index in [0.717, 1.165) is 5.56 Å². The fourth-order valence-corrected chi connectivity index (χ4v) is 3.79. The van der Waals surface area contributed by atoms with Crippen molar-refractivity contribution in [3.05, 3.63) is 29.2 Å². The van der Waals surface area contributed by atoms with Crippen molar-refractivity contribution in [2.45, 2.75) is 33.6 Å². The van der Waals surface area contributed by atoms with Gasteiger partial charge in [0.25, 0.3) is 0 Å². The number of alkyl halides is 1. The summed E-state index contributed by atoms with van der Waals surface area (Å²) in [5.74, 6) is 0.875. The van der Waals surface area contributed by atoms with E-state index in [1.807, 2.05) is 0 Å². The molecule has 0 aromatic carbocycles. The van der Waals surface area contributed by atoms with Crippen LogP contribution in [0.4, 0.5) is 0 Å². The van der Waals surface area contributed by atoms with Gasteiger partial charge in [0.15, 0.2) is 5.78 Å². The normalized spacial score (nSPS) is 12.7. The van der Waals surface area contributed by atoms with E-state index < -0.39 is 7.60 Å². The van der Waals surface area contributed by atoms with Gasteiger partial charge in [-0.25, -0.2) is 0 Å². The van der Waals surface area contributed by atoms with Crippen LogP contribution in [-0.2, 0) is 24.3 Å². The highest BCUT2D eigenvalue weighted by atomic mass is 35.5. The van der Waals surface area contributed by atoms with Crippen molar-refractivity contribution in [2.75, 3.05) is 13.2 Å². The number of allylic oxidation sites excluding steroid dienone is 1. The molecule has 1 aromatic rings. The van der Waals surface area contributed by atoms with E-state index in [9.17, 15) is 9.36 Å². The van der Waals surface area contributed by atoms with E-state index in [0.29, 0.717) is 5.76 Å². The van der Waals surface area contributed by atoms with Gasteiger partial charge in [-0.3, -0.25) is 9.36 Å². The van der Waals surface area contributed by atoms with Gasteiger partial charge in [0.1, 0.15) is 16.8 Å². The maximum atomic E-state index is 12.9. The molecule has 7 heteroatoms. The predicted molar refractivity (Wildman–Crippen MR) is 82.5 cm³/mol. The molecule has 0 saturated heterocycles. The van der Waals surface area contributed by atoms with Crippen LogP contribution in [0, 0.1) is 6.92 Å². The Morgan fingerprint density at radius 1 is 1.38 bits per heavy atom. The van der Waals surface area contributed by atoms with Gasteiger partial charge in [-0.05, 0) is 39.8 Å². The van der Waals surface area contributed by atoms with Gasteiger partial charge in [-0.1, -0.05) is 0 Å². The first-order valence-electron chi connectivity index (χ1n) is 6.65. The van der Waals surface area contributed by atoms with Gasteiger partial charge in [0.05, 0.1) is 19.1 Å². The lowest BCUT2D eigenvalue weighted by Gasteiger charge is -2.18. The Morgan fingerprint density at radius 3 is 2.33 bits per heavy atom. The number of carbonyl (C=O) groups excluding carboxylic acids is 1. The molecule has 0 aliphatic carbocycles. The van der Waals surface area contributed by atoms with Gasteiger partial charge >= 0.3 is 7.60 Å². The molecule has 0 N–H and O–H groups in total. The average molecular weight is 335 g/mol. The zero-order chi connectivity index (χ0) is 16.0. The molecule has 1 aromatic heterocycles. The lowest BCUT2D eigenvalue weighted by molar-refractivity contribution is -0.112. The van der Waals surface area contributed by atoms with E-state index in [2.05, 4.69) is 0 Å². The van der Waals surface area contributed by atoms with Crippen LogP contribution in [0.2, 0.25) is 0 Å². The Labute approximate surface area is 129 Å². The van der Waals surface area contributed by atoms with Crippen LogP contribution in [-0.4, -0.2) is 19.0 Å². The SMILES string of the molecule is CCOP(=O)(OCC)C(=CC(C)=O)c1cc(CCl)c(C)o1. The molecule has 0 aliphatic heterocycles. The number of rotatable bonds is 8. The van der Waals surface area contributed by atoms with Crippen molar-refractivity contribution in [1.29, 1.82) is 0 Å². The number of furan rings is 1. The zero-order valence-corrected chi connectivity index (χ0v) is 14.3. The summed E-state index contributed by atoms with van der Waals surface area (Å²) in [5, 5.41) is 0.123. The first-order valence-corrected chi connectivity index (χ1v) is 8.73. The monoisotopic (exact) mass is 334 g/mol. The van der Waals surface area contributed by atoms with E-state index in [4.69, 9.17) is 25.1 Å². The largest absolute Gasteiger partial charge is 0.461 e. The van der Waals surface area contributed by atoms with Crippen LogP contribution in [0.3, 0.4) is 0 Å². The number of hydrogen-bond acceptors (Lipinski definition) is 5. The molecule has 0 spiro atoms. The topological polar surface area (TPSA) is 65.7 Å². The van der Waals surface area contributed by atoms with E-state index >= 15 is 0 Å². The number of ketones is 1. The summed E-state index contributed by atoms with van der Waals surface area (Å²) >= 11 is 5.81. The minimum atomic E-state index is -3.62. The van der Waals surface area contributed by atoms with Gasteiger partial charge < -0.3 is 13.5 Å². The van der Waals surface area contributed by atoms with Crippen molar-refractivity contribution < 1.29 is 22.8 Å². The minimum Gasteiger partial charge on any atom is -0.461 e. The number of halogens is 1. The van der Waals surface area contributed by atoms with Crippen LogP contribution in [0.15, 0.2) is 16.6 Å². The van der Waals surface area contributed by atoms with Crippen LogP contribution in [0.1, 0.15) is 37.9 Å². The van der Waals surface area contributed by atoms with Crippen molar-refractivity contribution in [1.82, 2.24) is 0 Å². The quantitative estimate of drug-likeness (QED) is 0.397. The minimum absolute atomic E-state index is 0.123. The molecule has 0 amide bonds. The lowest BCUT2D eigenvalue weighted by Crippen LogP contribution is -2.00. The standard InChI is InChI=1S/C14H20ClO5P/c1-5-18-21(17,19-6-2)14(7-10(3)16)13-8-12(9-15)11(4)20-13/h7-8H,5-6,9H2,1-4H3. The molecular weight excluding hydrogens is 315 g/mol. The number of carbonyl (C=O) groups is 1. The second kappa shape index (κ2) is 7.95. The molecule has 1 rings (SSSR count). The molecule has 0 fully saturated rings. The van der Waals surface area contributed by atoms with E-state index in [1.165, 1.54) is 13.0 Å². The summed E-state index contributed by atoms with van der Waals surface area (Å²) in [5.41, 5.74) is 0.765. The van der Waals surface area contributed by atoms with Crippen LogP contribution >= 0.6 is 19.2 Å². The smallest absolute Gasteiger partial charge is 0.365 e. The summed E-state index contributed by atoms with van der Waals surface area (Å²) in [4.78, 5) is 11.5. The first kappa shape index (κ1) is 18.2. The molecule has 0 saturated carbocycles. The summed E-state index contributed by atoms with van der Waals surface area (Å²) in [7, 11) is -3.62. The van der Waals surface area contributed by atoms with Crippen molar-refractivity contribution in [3.8, 4) is 0 Å². The fraction of sp³-hybridized carbons (Fsp3) is 0.500. The van der Waals surface area contributed by atoms with Gasteiger partial charge in [-0.2, -0.15) is 0 Å². The van der Waals surface area contributed by atoms with Gasteiger partial charge in [0.2, 0.25) is 0 Å². The van der Waals surface area contributed by atoms with Crippen molar-refractivity contribution in [2.24, 2.45) is 0 Å². The molecule has 0 radical (unpaired) electrons. The predicted octanol–water partition coefficient (Wildman–Crippen LogP) is 4.52. The Balaban J connectivity index is 3.40. The molecule has 0 unspecified atom stereocenters. The summed E-state index contributed by atoms with van der Waals surface area (Å²) in [6.45, 7) is 6.89. The third kappa shape index (κ3) is 4.55. The molecule has 21 heavy (non-hydrogen) atoms. The van der Waals surface area contributed by atoms with Crippen LogP contribution in [0.5, 0.6) is 0 Å². The first-order chi connectivity index (χ1) is 9.87. The zero-order valence-electron chi connectivity index (χ0n) is 12.6. The van der Waals surface area contributed by atoms with Gasteiger partial charge in [0, 0.05) is 5.56 Å². The Morgan fingerprint density at radius 2 is 1.95 bits per heavy atom. The second-order valence-electron chi connectivity index (χ2n) is 4.30. The highest BCUT2D eigenvalue weighted by Gasteiger charge is 2.33. The van der Waals surface area contributed by atoms with Crippen LogP contribution < -0.4 is 0 Å². The van der Waals surface area contributed by atoms with Gasteiger partial charge in [-0.15, -0.1) is 11.6 Å². The number of aryl methyl sites for hydroxylation is 1. The average Bonchev–Trinajstić information content (AvgIpc) is 2.77. The summed E-state index contributed by atoms with van der Waals surface area (Å²) in [6, 6.07) is 1.65. The van der Waals surface area contributed by atoms with Crippen molar-refractivity contribution in [3.63, 3.8) is 0 Å². The highest BCUT2D eigenvalue weighted by molar-refractivity contribution is 7.65. The van der Waals surface area contributed by atoms with Crippen molar-refractivity contribution >= 4 is 30.3 Å². The van der Waals surface area contributed by atoms with Crippen LogP contribution in [0.25, 0.3) is 5.31 Å². The molecule has 1 heterocycles. The number of hydrogen-bond donors (Lipinski definition) is 0. The Hall–Kier alpha value is -0.870. The second-order valence-corrected chi connectivity index (χ2v) is 6.56. The molecule has 0 atom stereocenters.